The number of cyclic esters (lactones) is 1. The Morgan fingerprint density at radius 3 is 2.45 bits per heavy atom. The molecule has 0 N–H and O–H groups in total. The van der Waals surface area contributed by atoms with Crippen molar-refractivity contribution in [2.75, 3.05) is 7.11 Å². The van der Waals surface area contributed by atoms with Gasteiger partial charge in [0.05, 0.1) is 13.0 Å². The van der Waals surface area contributed by atoms with Crippen LogP contribution >= 0.6 is 0 Å². The molecule has 1 heterocycles. The summed E-state index contributed by atoms with van der Waals surface area (Å²) in [5.41, 5.74) is 0. The van der Waals surface area contributed by atoms with Gasteiger partial charge in [-0.05, 0) is 32.1 Å². The number of hydrogen-bond acceptors (Lipinski definition) is 4. The monoisotopic (exact) mass is 284 g/mol. The van der Waals surface area contributed by atoms with Gasteiger partial charge in [-0.15, -0.1) is 0 Å². The van der Waals surface area contributed by atoms with Gasteiger partial charge in [0.1, 0.15) is 6.10 Å². The lowest BCUT2D eigenvalue weighted by Crippen LogP contribution is -2.06. The molecule has 0 aromatic heterocycles. The molecule has 1 aliphatic rings. The molecule has 0 amide bonds. The molecule has 1 rings (SSSR count). The Balaban J connectivity index is 1.90. The highest BCUT2D eigenvalue weighted by molar-refractivity contribution is 5.74. The fraction of sp³-hybridized carbons (Fsp3) is 0.875. The van der Waals surface area contributed by atoms with Crippen molar-refractivity contribution in [1.29, 1.82) is 0 Å². The molecule has 1 fully saturated rings. The van der Waals surface area contributed by atoms with Gasteiger partial charge >= 0.3 is 11.9 Å². The summed E-state index contributed by atoms with van der Waals surface area (Å²) in [6.07, 6.45) is 10.2. The van der Waals surface area contributed by atoms with E-state index in [4.69, 9.17) is 4.74 Å². The van der Waals surface area contributed by atoms with Crippen molar-refractivity contribution in [3.05, 3.63) is 0 Å². The largest absolute Gasteiger partial charge is 0.469 e. The molecule has 0 aromatic carbocycles. The van der Waals surface area contributed by atoms with E-state index < -0.39 is 0 Å². The number of rotatable bonds is 10. The minimum atomic E-state index is -0.112. The Hall–Kier alpha value is -1.06. The second-order valence-electron chi connectivity index (χ2n) is 5.64. The van der Waals surface area contributed by atoms with E-state index in [1.165, 1.54) is 26.4 Å². The van der Waals surface area contributed by atoms with Crippen LogP contribution in [0.3, 0.4) is 0 Å². The molecular formula is C16H28O4. The summed E-state index contributed by atoms with van der Waals surface area (Å²) in [6.45, 7) is 2.04. The van der Waals surface area contributed by atoms with Crippen molar-refractivity contribution in [1.82, 2.24) is 0 Å². The Kier molecular flexibility index (Phi) is 8.31. The van der Waals surface area contributed by atoms with Gasteiger partial charge in [0, 0.05) is 6.42 Å². The average Bonchev–Trinajstić information content (AvgIpc) is 2.81. The van der Waals surface area contributed by atoms with Crippen molar-refractivity contribution >= 4 is 11.9 Å². The van der Waals surface area contributed by atoms with Crippen LogP contribution < -0.4 is 0 Å². The van der Waals surface area contributed by atoms with Crippen molar-refractivity contribution < 1.29 is 19.1 Å². The number of carbonyl (C=O) groups excluding carboxylic acids is 2. The smallest absolute Gasteiger partial charge is 0.309 e. The maximum Gasteiger partial charge on any atom is 0.309 e. The van der Waals surface area contributed by atoms with Crippen LogP contribution in [0.25, 0.3) is 0 Å². The van der Waals surface area contributed by atoms with Gasteiger partial charge in [-0.3, -0.25) is 9.59 Å². The van der Waals surface area contributed by atoms with E-state index >= 15 is 0 Å². The summed E-state index contributed by atoms with van der Waals surface area (Å²) in [5, 5.41) is 0. The molecule has 1 aliphatic heterocycles. The summed E-state index contributed by atoms with van der Waals surface area (Å²) in [7, 11) is 1.43. The summed E-state index contributed by atoms with van der Waals surface area (Å²) < 4.78 is 9.96. The Morgan fingerprint density at radius 1 is 1.20 bits per heavy atom. The lowest BCUT2D eigenvalue weighted by Gasteiger charge is -2.08. The van der Waals surface area contributed by atoms with Crippen molar-refractivity contribution in [2.24, 2.45) is 5.92 Å². The molecule has 0 saturated carbocycles. The van der Waals surface area contributed by atoms with Crippen LogP contribution in [-0.2, 0) is 19.1 Å². The summed E-state index contributed by atoms with van der Waals surface area (Å²) in [4.78, 5) is 22.4. The minimum Gasteiger partial charge on any atom is -0.469 e. The van der Waals surface area contributed by atoms with Crippen molar-refractivity contribution in [3.8, 4) is 0 Å². The first-order valence-corrected chi connectivity index (χ1v) is 7.94. The fourth-order valence-electron chi connectivity index (χ4n) is 2.68. The molecule has 0 bridgehead atoms. The van der Waals surface area contributed by atoms with Gasteiger partial charge in [-0.25, -0.2) is 0 Å². The van der Waals surface area contributed by atoms with Crippen LogP contribution in [-0.4, -0.2) is 25.2 Å². The third kappa shape index (κ3) is 6.40. The van der Waals surface area contributed by atoms with Crippen LogP contribution in [0, 0.1) is 5.92 Å². The predicted molar refractivity (Wildman–Crippen MR) is 77.2 cm³/mol. The normalized spacial score (nSPS) is 21.8. The average molecular weight is 284 g/mol. The number of carbonyl (C=O) groups is 2. The molecule has 20 heavy (non-hydrogen) atoms. The van der Waals surface area contributed by atoms with Gasteiger partial charge in [-0.1, -0.05) is 32.6 Å². The first kappa shape index (κ1) is 17.0. The number of methoxy groups -OCH3 is 1. The third-order valence-corrected chi connectivity index (χ3v) is 4.04. The Labute approximate surface area is 122 Å². The molecule has 0 unspecified atom stereocenters. The molecule has 1 saturated heterocycles. The second-order valence-corrected chi connectivity index (χ2v) is 5.64. The number of hydrogen-bond donors (Lipinski definition) is 0. The fourth-order valence-corrected chi connectivity index (χ4v) is 2.68. The lowest BCUT2D eigenvalue weighted by molar-refractivity contribution is -0.144. The van der Waals surface area contributed by atoms with Gasteiger partial charge in [-0.2, -0.15) is 0 Å². The minimum absolute atomic E-state index is 0.000287. The van der Waals surface area contributed by atoms with Crippen LogP contribution in [0.5, 0.6) is 0 Å². The van der Waals surface area contributed by atoms with E-state index in [0.717, 1.165) is 38.5 Å². The van der Waals surface area contributed by atoms with Crippen LogP contribution in [0.1, 0.15) is 71.1 Å². The topological polar surface area (TPSA) is 52.6 Å². The zero-order chi connectivity index (χ0) is 14.8. The Morgan fingerprint density at radius 2 is 1.85 bits per heavy atom. The van der Waals surface area contributed by atoms with Gasteiger partial charge in [0.2, 0.25) is 0 Å². The summed E-state index contributed by atoms with van der Waals surface area (Å²) in [6, 6.07) is 0. The van der Waals surface area contributed by atoms with Crippen LogP contribution in [0.4, 0.5) is 0 Å². The standard InChI is InChI=1S/C16H28O4/c1-3-13-12-14(20-16(13)18)10-8-6-4-5-7-9-11-15(17)19-2/h13-14H,3-12H2,1-2H3/t13-,14-/m0/s1. The zero-order valence-electron chi connectivity index (χ0n) is 12.9. The zero-order valence-corrected chi connectivity index (χ0v) is 12.9. The molecule has 0 aromatic rings. The maximum atomic E-state index is 11.4. The number of esters is 2. The first-order chi connectivity index (χ1) is 9.67. The van der Waals surface area contributed by atoms with E-state index in [-0.39, 0.29) is 24.0 Å². The third-order valence-electron chi connectivity index (χ3n) is 4.04. The molecule has 0 aliphatic carbocycles. The van der Waals surface area contributed by atoms with E-state index in [1.54, 1.807) is 0 Å². The van der Waals surface area contributed by atoms with Gasteiger partial charge in [0.15, 0.2) is 0 Å². The quantitative estimate of drug-likeness (QED) is 0.454. The molecule has 0 spiro atoms. The summed E-state index contributed by atoms with van der Waals surface area (Å²) in [5.74, 6) is 0.0251. The molecule has 4 nitrogen and oxygen atoms in total. The molecule has 0 radical (unpaired) electrons. The number of ether oxygens (including phenoxy) is 2. The predicted octanol–water partition coefficient (Wildman–Crippen LogP) is 3.62. The number of unbranched alkanes of at least 4 members (excludes halogenated alkanes) is 5. The van der Waals surface area contributed by atoms with Crippen molar-refractivity contribution in [3.63, 3.8) is 0 Å². The highest BCUT2D eigenvalue weighted by atomic mass is 16.6. The van der Waals surface area contributed by atoms with E-state index in [1.807, 2.05) is 6.92 Å². The summed E-state index contributed by atoms with van der Waals surface area (Å²) >= 11 is 0. The van der Waals surface area contributed by atoms with Crippen LogP contribution in [0.2, 0.25) is 0 Å². The maximum absolute atomic E-state index is 11.4. The lowest BCUT2D eigenvalue weighted by atomic mass is 9.99. The van der Waals surface area contributed by atoms with Crippen LogP contribution in [0.15, 0.2) is 0 Å². The van der Waals surface area contributed by atoms with Gasteiger partial charge in [0.25, 0.3) is 0 Å². The van der Waals surface area contributed by atoms with Crippen molar-refractivity contribution in [2.45, 2.75) is 77.2 Å². The molecule has 116 valence electrons. The SMILES string of the molecule is CC[C@H]1C[C@H](CCCCCCCCC(=O)OC)OC1=O. The van der Waals surface area contributed by atoms with Gasteiger partial charge < -0.3 is 9.47 Å². The molecule has 4 heteroatoms. The van der Waals surface area contributed by atoms with E-state index in [2.05, 4.69) is 4.74 Å². The highest BCUT2D eigenvalue weighted by Crippen LogP contribution is 2.27. The Bertz CT molecular complexity index is 301. The first-order valence-electron chi connectivity index (χ1n) is 7.94. The highest BCUT2D eigenvalue weighted by Gasteiger charge is 2.32. The molecule has 2 atom stereocenters. The second kappa shape index (κ2) is 9.78. The van der Waals surface area contributed by atoms with E-state index in [0.29, 0.717) is 6.42 Å². The van der Waals surface area contributed by atoms with E-state index in [9.17, 15) is 9.59 Å². The molecular weight excluding hydrogens is 256 g/mol.